The van der Waals surface area contributed by atoms with Crippen molar-refractivity contribution >= 4 is 29.1 Å². The maximum Gasteiger partial charge on any atom is 0.229 e. The van der Waals surface area contributed by atoms with Crippen molar-refractivity contribution in [2.45, 2.75) is 20.4 Å². The molecule has 1 amide bonds. The van der Waals surface area contributed by atoms with Gasteiger partial charge in [0.25, 0.3) is 0 Å². The van der Waals surface area contributed by atoms with Crippen molar-refractivity contribution in [3.8, 4) is 0 Å². The van der Waals surface area contributed by atoms with Gasteiger partial charge in [-0.15, -0.1) is 0 Å². The van der Waals surface area contributed by atoms with Crippen LogP contribution in [0.5, 0.6) is 0 Å². The first-order valence-electron chi connectivity index (χ1n) is 5.67. The van der Waals surface area contributed by atoms with Crippen LogP contribution in [-0.4, -0.2) is 24.4 Å². The maximum absolute atomic E-state index is 12.1. The highest BCUT2D eigenvalue weighted by atomic mass is 35.5. The fourth-order valence-electron chi connectivity index (χ4n) is 1.59. The Bertz CT molecular complexity index is 447. The standard InChI is InChI=1S/C13H18Cl2N2O/c1-13(2,8-16)12(18)17(3)7-9-4-5-10(14)11(15)6-9/h4-6H,7-8,16H2,1-3H3. The molecule has 0 aliphatic heterocycles. The van der Waals surface area contributed by atoms with Crippen LogP contribution in [0.15, 0.2) is 18.2 Å². The largest absolute Gasteiger partial charge is 0.341 e. The number of carbonyl (C=O) groups is 1. The molecule has 2 N–H and O–H groups in total. The van der Waals surface area contributed by atoms with E-state index in [0.29, 0.717) is 23.1 Å². The first-order chi connectivity index (χ1) is 8.27. The molecule has 0 bridgehead atoms. The minimum atomic E-state index is -0.551. The molecule has 0 atom stereocenters. The van der Waals surface area contributed by atoms with E-state index in [-0.39, 0.29) is 5.91 Å². The Hall–Kier alpha value is -0.770. The van der Waals surface area contributed by atoms with Crippen LogP contribution in [0.4, 0.5) is 0 Å². The Morgan fingerprint density at radius 3 is 2.44 bits per heavy atom. The van der Waals surface area contributed by atoms with Gasteiger partial charge >= 0.3 is 0 Å². The zero-order valence-electron chi connectivity index (χ0n) is 10.8. The fourth-order valence-corrected chi connectivity index (χ4v) is 1.91. The van der Waals surface area contributed by atoms with E-state index in [4.69, 9.17) is 28.9 Å². The van der Waals surface area contributed by atoms with Gasteiger partial charge in [-0.05, 0) is 31.5 Å². The fraction of sp³-hybridized carbons (Fsp3) is 0.462. The van der Waals surface area contributed by atoms with E-state index in [1.54, 1.807) is 24.1 Å². The van der Waals surface area contributed by atoms with Gasteiger partial charge in [0.05, 0.1) is 15.5 Å². The number of benzene rings is 1. The normalized spacial score (nSPS) is 11.4. The quantitative estimate of drug-likeness (QED) is 0.926. The van der Waals surface area contributed by atoms with E-state index in [0.717, 1.165) is 5.56 Å². The molecule has 0 saturated heterocycles. The molecule has 18 heavy (non-hydrogen) atoms. The summed E-state index contributed by atoms with van der Waals surface area (Å²) in [5.41, 5.74) is 5.98. The Kier molecular flexibility index (Phi) is 5.02. The highest BCUT2D eigenvalue weighted by Crippen LogP contribution is 2.24. The van der Waals surface area contributed by atoms with Crippen LogP contribution >= 0.6 is 23.2 Å². The van der Waals surface area contributed by atoms with Crippen molar-refractivity contribution in [1.82, 2.24) is 4.90 Å². The molecule has 1 aromatic carbocycles. The molecule has 1 rings (SSSR count). The van der Waals surface area contributed by atoms with Crippen molar-refractivity contribution in [2.24, 2.45) is 11.1 Å². The van der Waals surface area contributed by atoms with Gasteiger partial charge in [0, 0.05) is 20.1 Å². The molecule has 0 aliphatic carbocycles. The Morgan fingerprint density at radius 1 is 1.33 bits per heavy atom. The van der Waals surface area contributed by atoms with E-state index < -0.39 is 5.41 Å². The minimum Gasteiger partial charge on any atom is -0.341 e. The molecule has 0 radical (unpaired) electrons. The topological polar surface area (TPSA) is 46.3 Å². The molecule has 5 heteroatoms. The summed E-state index contributed by atoms with van der Waals surface area (Å²) in [7, 11) is 1.75. The number of nitrogens with zero attached hydrogens (tertiary/aromatic N) is 1. The highest BCUT2D eigenvalue weighted by Gasteiger charge is 2.28. The van der Waals surface area contributed by atoms with Gasteiger partial charge < -0.3 is 10.6 Å². The van der Waals surface area contributed by atoms with E-state index in [1.807, 2.05) is 19.9 Å². The molecule has 100 valence electrons. The van der Waals surface area contributed by atoms with Crippen molar-refractivity contribution < 1.29 is 4.79 Å². The predicted octanol–water partition coefficient (Wildman–Crippen LogP) is 2.94. The Labute approximate surface area is 118 Å². The molecule has 1 aromatic rings. The third-order valence-electron chi connectivity index (χ3n) is 2.84. The number of rotatable bonds is 4. The van der Waals surface area contributed by atoms with Gasteiger partial charge in [-0.25, -0.2) is 0 Å². The second-order valence-corrected chi connectivity index (χ2v) is 5.81. The smallest absolute Gasteiger partial charge is 0.229 e. The summed E-state index contributed by atoms with van der Waals surface area (Å²) in [5.74, 6) is 0.0103. The van der Waals surface area contributed by atoms with Gasteiger partial charge in [-0.1, -0.05) is 29.3 Å². The molecule has 0 saturated carbocycles. The second-order valence-electron chi connectivity index (χ2n) is 5.00. The van der Waals surface area contributed by atoms with Gasteiger partial charge in [0.1, 0.15) is 0 Å². The molecule has 3 nitrogen and oxygen atoms in total. The number of hydrogen-bond acceptors (Lipinski definition) is 2. The highest BCUT2D eigenvalue weighted by molar-refractivity contribution is 6.42. The maximum atomic E-state index is 12.1. The summed E-state index contributed by atoms with van der Waals surface area (Å²) >= 11 is 11.8. The van der Waals surface area contributed by atoms with Crippen LogP contribution in [0, 0.1) is 5.41 Å². The molecular weight excluding hydrogens is 271 g/mol. The van der Waals surface area contributed by atoms with Crippen molar-refractivity contribution in [2.75, 3.05) is 13.6 Å². The third-order valence-corrected chi connectivity index (χ3v) is 3.58. The lowest BCUT2D eigenvalue weighted by Gasteiger charge is -2.28. The first-order valence-corrected chi connectivity index (χ1v) is 6.43. The summed E-state index contributed by atoms with van der Waals surface area (Å²) in [6.07, 6.45) is 0. The summed E-state index contributed by atoms with van der Waals surface area (Å²) in [6.45, 7) is 4.47. The zero-order valence-corrected chi connectivity index (χ0v) is 12.3. The lowest BCUT2D eigenvalue weighted by atomic mass is 9.92. The first kappa shape index (κ1) is 15.3. The SMILES string of the molecule is CN(Cc1ccc(Cl)c(Cl)c1)C(=O)C(C)(C)CN. The third kappa shape index (κ3) is 3.61. The van der Waals surface area contributed by atoms with Crippen LogP contribution in [-0.2, 0) is 11.3 Å². The summed E-state index contributed by atoms with van der Waals surface area (Å²) in [6, 6.07) is 5.35. The van der Waals surface area contributed by atoms with Gasteiger partial charge in [-0.3, -0.25) is 4.79 Å². The lowest BCUT2D eigenvalue weighted by Crippen LogP contribution is -2.42. The molecule has 0 heterocycles. The van der Waals surface area contributed by atoms with Crippen LogP contribution in [0.3, 0.4) is 0 Å². The minimum absolute atomic E-state index is 0.0103. The summed E-state index contributed by atoms with van der Waals surface area (Å²) in [5, 5.41) is 1.00. The van der Waals surface area contributed by atoms with E-state index in [1.165, 1.54) is 0 Å². The van der Waals surface area contributed by atoms with Crippen molar-refractivity contribution in [3.63, 3.8) is 0 Å². The number of halogens is 2. The van der Waals surface area contributed by atoms with Crippen LogP contribution in [0.25, 0.3) is 0 Å². The zero-order chi connectivity index (χ0) is 13.9. The van der Waals surface area contributed by atoms with Crippen LogP contribution in [0.2, 0.25) is 10.0 Å². The molecule has 0 unspecified atom stereocenters. The lowest BCUT2D eigenvalue weighted by molar-refractivity contribution is -0.139. The van der Waals surface area contributed by atoms with Crippen LogP contribution < -0.4 is 5.73 Å². The average Bonchev–Trinajstić information content (AvgIpc) is 2.32. The van der Waals surface area contributed by atoms with Crippen LogP contribution in [0.1, 0.15) is 19.4 Å². The van der Waals surface area contributed by atoms with Gasteiger partial charge in [0.2, 0.25) is 5.91 Å². The molecule has 0 spiro atoms. The van der Waals surface area contributed by atoms with E-state index in [2.05, 4.69) is 0 Å². The Balaban J connectivity index is 2.78. The monoisotopic (exact) mass is 288 g/mol. The van der Waals surface area contributed by atoms with Gasteiger partial charge in [0.15, 0.2) is 0 Å². The second kappa shape index (κ2) is 5.91. The summed E-state index contributed by atoms with van der Waals surface area (Å²) in [4.78, 5) is 13.8. The molecular formula is C13H18Cl2N2O. The van der Waals surface area contributed by atoms with Crippen molar-refractivity contribution in [1.29, 1.82) is 0 Å². The van der Waals surface area contributed by atoms with Gasteiger partial charge in [-0.2, -0.15) is 0 Å². The number of nitrogens with two attached hydrogens (primary N) is 1. The van der Waals surface area contributed by atoms with E-state index >= 15 is 0 Å². The predicted molar refractivity (Wildman–Crippen MR) is 75.8 cm³/mol. The average molecular weight is 289 g/mol. The van der Waals surface area contributed by atoms with E-state index in [9.17, 15) is 4.79 Å². The number of hydrogen-bond donors (Lipinski definition) is 1. The summed E-state index contributed by atoms with van der Waals surface area (Å²) < 4.78 is 0. The molecule has 0 aromatic heterocycles. The molecule has 0 aliphatic rings. The Morgan fingerprint density at radius 2 is 1.94 bits per heavy atom. The number of amides is 1. The van der Waals surface area contributed by atoms with Crippen molar-refractivity contribution in [3.05, 3.63) is 33.8 Å². The molecule has 0 fully saturated rings. The number of carbonyl (C=O) groups excluding carboxylic acids is 1.